The molecular formula is C38H26BN3O3. The summed E-state index contributed by atoms with van der Waals surface area (Å²) in [7, 11) is 0. The van der Waals surface area contributed by atoms with Crippen LogP contribution in [0.25, 0.3) is 28.1 Å². The highest BCUT2D eigenvalue weighted by Gasteiger charge is 2.42. The van der Waals surface area contributed by atoms with E-state index >= 15 is 0 Å². The number of benzene rings is 5. The lowest BCUT2D eigenvalue weighted by atomic mass is 9.34. The molecule has 0 saturated heterocycles. The Morgan fingerprint density at radius 3 is 2.18 bits per heavy atom. The number of ether oxygens (including phenoxy) is 3. The number of nitrogens with zero attached hydrogens (tertiary/aromatic N) is 3. The first-order chi connectivity index (χ1) is 22.1. The van der Waals surface area contributed by atoms with Gasteiger partial charge in [-0.05, 0) is 103 Å². The van der Waals surface area contributed by atoms with E-state index in [4.69, 9.17) is 19.2 Å². The minimum Gasteiger partial charge on any atom is -0.458 e. The second kappa shape index (κ2) is 9.86. The van der Waals surface area contributed by atoms with Crippen molar-refractivity contribution in [3.05, 3.63) is 133 Å². The van der Waals surface area contributed by atoms with Gasteiger partial charge in [0.05, 0.1) is 11.0 Å². The van der Waals surface area contributed by atoms with Crippen LogP contribution in [-0.2, 0) is 0 Å². The van der Waals surface area contributed by atoms with E-state index in [1.165, 1.54) is 0 Å². The molecular weight excluding hydrogens is 557 g/mol. The van der Waals surface area contributed by atoms with Crippen molar-refractivity contribution in [2.75, 3.05) is 0 Å². The second-order valence-corrected chi connectivity index (χ2v) is 11.5. The molecule has 0 atom stereocenters. The first kappa shape index (κ1) is 25.7. The average Bonchev–Trinajstić information content (AvgIpc) is 3.47. The van der Waals surface area contributed by atoms with Gasteiger partial charge in [0.15, 0.2) is 0 Å². The third-order valence-electron chi connectivity index (χ3n) is 8.66. The highest BCUT2D eigenvalue weighted by atomic mass is 16.5. The topological polar surface area (TPSA) is 58.4 Å². The summed E-state index contributed by atoms with van der Waals surface area (Å²) in [5, 5.41) is 0. The Hall–Kier alpha value is -5.82. The molecule has 9 rings (SSSR count). The molecule has 0 fully saturated rings. The average molecular weight is 583 g/mol. The third kappa shape index (κ3) is 4.04. The van der Waals surface area contributed by atoms with E-state index < -0.39 is 0 Å². The van der Waals surface area contributed by atoms with Crippen LogP contribution in [-0.4, -0.2) is 21.2 Å². The van der Waals surface area contributed by atoms with Gasteiger partial charge in [0.2, 0.25) is 5.88 Å². The standard InChI is InChI=1S/C38H26BN3O3/c1-23-20-24(2)37-35-36(23)44-32-17-15-25(38-41-30-12-6-7-13-31(30)42(38)26-10-4-3-5-11-26)21-28(32)39(35)29-22-27(16-18-33(29)45-37)43-34-14-8-9-19-40-34/h3-22H,1-2H3. The van der Waals surface area contributed by atoms with Gasteiger partial charge in [0, 0.05) is 29.0 Å². The molecule has 7 aromatic rings. The lowest BCUT2D eigenvalue weighted by Gasteiger charge is -2.35. The summed E-state index contributed by atoms with van der Waals surface area (Å²) >= 11 is 0. The summed E-state index contributed by atoms with van der Waals surface area (Å²) in [6, 6.07) is 38.8. The van der Waals surface area contributed by atoms with Crippen LogP contribution < -0.4 is 30.6 Å². The lowest BCUT2D eigenvalue weighted by molar-refractivity contribution is 0.452. The van der Waals surface area contributed by atoms with E-state index in [-0.39, 0.29) is 6.71 Å². The molecule has 4 heterocycles. The van der Waals surface area contributed by atoms with Gasteiger partial charge in [-0.15, -0.1) is 0 Å². The van der Waals surface area contributed by atoms with E-state index in [0.717, 1.165) is 78.6 Å². The number of fused-ring (bicyclic) bond motifs is 5. The van der Waals surface area contributed by atoms with Gasteiger partial charge in [0.1, 0.15) is 34.6 Å². The molecule has 6 nitrogen and oxygen atoms in total. The summed E-state index contributed by atoms with van der Waals surface area (Å²) in [6.45, 7) is 4.05. The predicted octanol–water partition coefficient (Wildman–Crippen LogP) is 7.22. The summed E-state index contributed by atoms with van der Waals surface area (Å²) in [5.41, 5.74) is 9.31. The summed E-state index contributed by atoms with van der Waals surface area (Å²) < 4.78 is 21.7. The van der Waals surface area contributed by atoms with Crippen molar-refractivity contribution < 1.29 is 14.2 Å². The Kier molecular flexibility index (Phi) is 5.62. The predicted molar refractivity (Wildman–Crippen MR) is 178 cm³/mol. The Morgan fingerprint density at radius 1 is 0.689 bits per heavy atom. The van der Waals surface area contributed by atoms with E-state index in [9.17, 15) is 0 Å². The molecule has 0 radical (unpaired) electrons. The monoisotopic (exact) mass is 583 g/mol. The maximum atomic E-state index is 6.67. The molecule has 2 aliphatic heterocycles. The quantitative estimate of drug-likeness (QED) is 0.205. The molecule has 0 bridgehead atoms. The number of imidazole rings is 1. The zero-order valence-electron chi connectivity index (χ0n) is 24.7. The van der Waals surface area contributed by atoms with Gasteiger partial charge in [-0.3, -0.25) is 4.57 Å². The number of pyridine rings is 1. The highest BCUT2D eigenvalue weighted by molar-refractivity contribution is 6.98. The van der Waals surface area contributed by atoms with Crippen LogP contribution in [0.3, 0.4) is 0 Å². The fourth-order valence-electron chi connectivity index (χ4n) is 6.72. The number of hydrogen-bond acceptors (Lipinski definition) is 5. The van der Waals surface area contributed by atoms with Crippen molar-refractivity contribution in [1.29, 1.82) is 0 Å². The molecule has 7 heteroatoms. The first-order valence-electron chi connectivity index (χ1n) is 15.0. The minimum atomic E-state index is -0.136. The Labute approximate surface area is 260 Å². The maximum Gasteiger partial charge on any atom is 0.260 e. The zero-order chi connectivity index (χ0) is 30.1. The van der Waals surface area contributed by atoms with E-state index in [1.807, 2.05) is 42.5 Å². The molecule has 0 spiro atoms. The first-order valence-corrected chi connectivity index (χ1v) is 15.0. The van der Waals surface area contributed by atoms with Crippen molar-refractivity contribution in [2.45, 2.75) is 13.8 Å². The minimum absolute atomic E-state index is 0.136. The molecule has 5 aromatic carbocycles. The van der Waals surface area contributed by atoms with Gasteiger partial charge in [-0.25, -0.2) is 9.97 Å². The number of hydrogen-bond donors (Lipinski definition) is 0. The highest BCUT2D eigenvalue weighted by Crippen LogP contribution is 2.40. The summed E-state index contributed by atoms with van der Waals surface area (Å²) in [6.07, 6.45) is 1.73. The molecule has 45 heavy (non-hydrogen) atoms. The van der Waals surface area contributed by atoms with Gasteiger partial charge in [-0.2, -0.15) is 0 Å². The van der Waals surface area contributed by atoms with Crippen LogP contribution in [0, 0.1) is 13.8 Å². The van der Waals surface area contributed by atoms with Gasteiger partial charge in [-0.1, -0.05) is 42.5 Å². The van der Waals surface area contributed by atoms with Crippen LogP contribution in [0.5, 0.6) is 34.6 Å². The SMILES string of the molecule is Cc1cc(C)c2c3c1Oc1ccc(Oc4ccccn4)cc1B3c1cc(-c3nc4ccccc4n3-c3ccccc3)ccc1O2. The second-order valence-electron chi connectivity index (χ2n) is 11.5. The molecule has 2 aromatic heterocycles. The fourth-order valence-corrected chi connectivity index (χ4v) is 6.72. The van der Waals surface area contributed by atoms with Crippen molar-refractivity contribution in [3.63, 3.8) is 0 Å². The molecule has 0 amide bonds. The smallest absolute Gasteiger partial charge is 0.260 e. The zero-order valence-corrected chi connectivity index (χ0v) is 24.7. The Bertz CT molecular complexity index is 2260. The van der Waals surface area contributed by atoms with Gasteiger partial charge < -0.3 is 14.2 Å². The summed E-state index contributed by atoms with van der Waals surface area (Å²) in [4.78, 5) is 9.50. The molecule has 0 unspecified atom stereocenters. The largest absolute Gasteiger partial charge is 0.458 e. The van der Waals surface area contributed by atoms with E-state index in [1.54, 1.807) is 6.20 Å². The molecule has 2 aliphatic rings. The van der Waals surface area contributed by atoms with Crippen LogP contribution in [0.1, 0.15) is 11.1 Å². The van der Waals surface area contributed by atoms with Crippen LogP contribution in [0.15, 0.2) is 121 Å². The lowest BCUT2D eigenvalue weighted by Crippen LogP contribution is -2.57. The number of aromatic nitrogens is 3. The number of para-hydroxylation sites is 3. The van der Waals surface area contributed by atoms with Gasteiger partial charge in [0.25, 0.3) is 6.71 Å². The molecule has 0 saturated carbocycles. The molecule has 0 aliphatic carbocycles. The van der Waals surface area contributed by atoms with E-state index in [0.29, 0.717) is 11.6 Å². The number of aryl methyl sites for hydroxylation is 2. The fraction of sp³-hybridized carbons (Fsp3) is 0.0526. The Morgan fingerprint density at radius 2 is 1.40 bits per heavy atom. The van der Waals surface area contributed by atoms with Crippen molar-refractivity contribution in [2.24, 2.45) is 0 Å². The van der Waals surface area contributed by atoms with Crippen LogP contribution >= 0.6 is 0 Å². The third-order valence-corrected chi connectivity index (χ3v) is 8.66. The van der Waals surface area contributed by atoms with Crippen molar-refractivity contribution >= 4 is 34.1 Å². The normalized spacial score (nSPS) is 12.5. The Balaban J connectivity index is 1.26. The molecule has 0 N–H and O–H groups in total. The van der Waals surface area contributed by atoms with Crippen LogP contribution in [0.2, 0.25) is 0 Å². The van der Waals surface area contributed by atoms with E-state index in [2.05, 4.69) is 96.2 Å². The molecule has 214 valence electrons. The maximum absolute atomic E-state index is 6.67. The van der Waals surface area contributed by atoms with Crippen molar-refractivity contribution in [1.82, 2.24) is 14.5 Å². The van der Waals surface area contributed by atoms with Crippen molar-refractivity contribution in [3.8, 4) is 51.7 Å². The van der Waals surface area contributed by atoms with Crippen LogP contribution in [0.4, 0.5) is 0 Å². The van der Waals surface area contributed by atoms with Gasteiger partial charge >= 0.3 is 0 Å². The summed E-state index contributed by atoms with van der Waals surface area (Å²) in [5.74, 6) is 5.42. The number of rotatable bonds is 4.